The van der Waals surface area contributed by atoms with Gasteiger partial charge in [-0.05, 0) is 29.6 Å². The molecule has 2 aromatic carbocycles. The number of thiophene rings is 1. The molecule has 0 unspecified atom stereocenters. The zero-order chi connectivity index (χ0) is 20.4. The lowest BCUT2D eigenvalue weighted by molar-refractivity contribution is -0.385. The van der Waals surface area contributed by atoms with Gasteiger partial charge in [0.15, 0.2) is 5.82 Å². The van der Waals surface area contributed by atoms with Crippen LogP contribution in [0, 0.1) is 15.9 Å². The molecule has 0 aliphatic carbocycles. The lowest BCUT2D eigenvalue weighted by Gasteiger charge is -2.03. The molecule has 0 bridgehead atoms. The quantitative estimate of drug-likeness (QED) is 0.211. The zero-order valence-electron chi connectivity index (χ0n) is 14.6. The van der Waals surface area contributed by atoms with Crippen LogP contribution in [-0.4, -0.2) is 25.7 Å². The number of nitro benzene ring substituents is 1. The minimum Gasteiger partial charge on any atom is -0.413 e. The second-order valence-corrected chi connectivity index (χ2v) is 6.69. The summed E-state index contributed by atoms with van der Waals surface area (Å²) in [7, 11) is 0. The molecule has 2 aromatic heterocycles. The van der Waals surface area contributed by atoms with Crippen molar-refractivity contribution in [1.82, 2.24) is 14.8 Å². The molecule has 8 nitrogen and oxygen atoms in total. The molecule has 0 N–H and O–H groups in total. The van der Waals surface area contributed by atoms with Crippen molar-refractivity contribution in [1.29, 1.82) is 0 Å². The summed E-state index contributed by atoms with van der Waals surface area (Å²) in [6.45, 7) is 0. The Labute approximate surface area is 167 Å². The fourth-order valence-electron chi connectivity index (χ4n) is 2.58. The summed E-state index contributed by atoms with van der Waals surface area (Å²) in [4.78, 5) is 27.9. The summed E-state index contributed by atoms with van der Waals surface area (Å²) in [5, 5.41) is 17.2. The van der Waals surface area contributed by atoms with E-state index in [9.17, 15) is 19.3 Å². The van der Waals surface area contributed by atoms with E-state index in [-0.39, 0.29) is 5.82 Å². The van der Waals surface area contributed by atoms with Crippen LogP contribution in [0.25, 0.3) is 16.4 Å². The Morgan fingerprint density at radius 2 is 1.93 bits per heavy atom. The average molecular weight is 410 g/mol. The normalized spacial score (nSPS) is 10.7. The molecule has 4 rings (SSSR count). The lowest BCUT2D eigenvalue weighted by atomic mass is 10.3. The van der Waals surface area contributed by atoms with Crippen LogP contribution in [0.2, 0.25) is 0 Å². The summed E-state index contributed by atoms with van der Waals surface area (Å²) in [5.41, 5.74) is 0.125. The highest BCUT2D eigenvalue weighted by atomic mass is 32.1. The Morgan fingerprint density at radius 1 is 1.14 bits per heavy atom. The molecule has 0 spiro atoms. The van der Waals surface area contributed by atoms with Crippen LogP contribution in [0.3, 0.4) is 0 Å². The van der Waals surface area contributed by atoms with Gasteiger partial charge in [0.2, 0.25) is 5.75 Å². The molecule has 0 saturated heterocycles. The smallest absolute Gasteiger partial charge is 0.383 e. The summed E-state index contributed by atoms with van der Waals surface area (Å²) >= 11 is 1.41. The fourth-order valence-corrected chi connectivity index (χ4v) is 3.28. The predicted molar refractivity (Wildman–Crippen MR) is 103 cm³/mol. The van der Waals surface area contributed by atoms with Gasteiger partial charge in [0, 0.05) is 12.1 Å². The summed E-state index contributed by atoms with van der Waals surface area (Å²) in [5.74, 6) is -2.23. The number of carbonyl (C=O) groups is 1. The van der Waals surface area contributed by atoms with Crippen LogP contribution in [0.4, 0.5) is 10.1 Å². The van der Waals surface area contributed by atoms with Crippen molar-refractivity contribution < 1.29 is 18.8 Å². The zero-order valence-corrected chi connectivity index (χ0v) is 15.4. The van der Waals surface area contributed by atoms with Gasteiger partial charge in [-0.3, -0.25) is 10.1 Å². The fraction of sp³-hybridized carbons (Fsp3) is 0. The number of para-hydroxylation sites is 1. The molecule has 29 heavy (non-hydrogen) atoms. The van der Waals surface area contributed by atoms with Crippen molar-refractivity contribution in [3.8, 4) is 22.1 Å². The third kappa shape index (κ3) is 3.73. The van der Waals surface area contributed by atoms with Gasteiger partial charge in [-0.1, -0.05) is 24.3 Å². The van der Waals surface area contributed by atoms with E-state index in [1.165, 1.54) is 16.0 Å². The van der Waals surface area contributed by atoms with Gasteiger partial charge >= 0.3 is 11.7 Å². The number of rotatable bonds is 5. The minimum absolute atomic E-state index is 0.309. The molecule has 2 heterocycles. The first-order valence-corrected chi connectivity index (χ1v) is 9.13. The number of aromatic nitrogens is 3. The molecule has 0 fully saturated rings. The Morgan fingerprint density at radius 3 is 2.62 bits per heavy atom. The van der Waals surface area contributed by atoms with Gasteiger partial charge in [-0.2, -0.15) is 4.98 Å². The van der Waals surface area contributed by atoms with E-state index in [2.05, 4.69) is 10.1 Å². The molecule has 0 aliphatic rings. The van der Waals surface area contributed by atoms with Crippen LogP contribution in [0.5, 0.6) is 5.75 Å². The lowest BCUT2D eigenvalue weighted by Crippen LogP contribution is -2.12. The minimum atomic E-state index is -1.04. The van der Waals surface area contributed by atoms with E-state index in [1.807, 2.05) is 35.7 Å². The largest absolute Gasteiger partial charge is 0.413 e. The number of ether oxygens (including phenoxy) is 1. The van der Waals surface area contributed by atoms with E-state index >= 15 is 0 Å². The van der Waals surface area contributed by atoms with Gasteiger partial charge in [0.25, 0.3) is 5.82 Å². The number of hydrogen-bond donors (Lipinski definition) is 0. The van der Waals surface area contributed by atoms with Gasteiger partial charge in [0.05, 0.1) is 15.5 Å². The third-order valence-corrected chi connectivity index (χ3v) is 4.72. The van der Waals surface area contributed by atoms with Crippen molar-refractivity contribution in [3.05, 3.63) is 87.8 Å². The Hall–Kier alpha value is -3.92. The van der Waals surface area contributed by atoms with Crippen molar-refractivity contribution in [2.24, 2.45) is 0 Å². The molecule has 144 valence electrons. The first-order chi connectivity index (χ1) is 14.0. The van der Waals surface area contributed by atoms with Gasteiger partial charge < -0.3 is 4.74 Å². The van der Waals surface area contributed by atoms with Gasteiger partial charge in [-0.15, -0.1) is 16.4 Å². The summed E-state index contributed by atoms with van der Waals surface area (Å²) in [6.07, 6.45) is 0. The molecule has 0 saturated carbocycles. The molecule has 0 atom stereocenters. The number of nitro groups is 1. The van der Waals surface area contributed by atoms with Crippen molar-refractivity contribution in [2.45, 2.75) is 0 Å². The van der Waals surface area contributed by atoms with Crippen LogP contribution in [0.15, 0.2) is 66.0 Å². The standard InChI is InChI=1S/C19H11FN4O4S/c20-12-8-9-14(24(26)27)15(11-12)28-19(25)17-21-18(16-7-4-10-29-16)23(22-17)13-5-2-1-3-6-13/h1-11H. The van der Waals surface area contributed by atoms with Crippen molar-refractivity contribution in [2.75, 3.05) is 0 Å². The molecule has 0 radical (unpaired) electrons. The predicted octanol–water partition coefficient (Wildman–Crippen LogP) is 4.26. The second kappa shape index (κ2) is 7.60. The van der Waals surface area contributed by atoms with E-state index < -0.39 is 28.1 Å². The average Bonchev–Trinajstić information content (AvgIpc) is 3.38. The van der Waals surface area contributed by atoms with E-state index in [0.717, 1.165) is 23.1 Å². The molecule has 0 amide bonds. The monoisotopic (exact) mass is 410 g/mol. The number of nitrogens with zero attached hydrogens (tertiary/aromatic N) is 4. The summed E-state index contributed by atoms with van der Waals surface area (Å²) < 4.78 is 20.0. The van der Waals surface area contributed by atoms with Crippen LogP contribution < -0.4 is 4.74 Å². The maximum Gasteiger partial charge on any atom is 0.383 e. The van der Waals surface area contributed by atoms with E-state index in [0.29, 0.717) is 11.5 Å². The SMILES string of the molecule is O=C(Oc1cc(F)ccc1[N+](=O)[O-])c1nc(-c2cccs2)n(-c2ccccc2)n1. The molecular weight excluding hydrogens is 399 g/mol. The highest BCUT2D eigenvalue weighted by Gasteiger charge is 2.24. The topological polar surface area (TPSA) is 100 Å². The molecule has 0 aliphatic heterocycles. The number of carbonyl (C=O) groups excluding carboxylic acids is 1. The first-order valence-electron chi connectivity index (χ1n) is 8.25. The van der Waals surface area contributed by atoms with Crippen molar-refractivity contribution >= 4 is 23.0 Å². The van der Waals surface area contributed by atoms with Crippen molar-refractivity contribution in [3.63, 3.8) is 0 Å². The molecule has 10 heteroatoms. The van der Waals surface area contributed by atoms with E-state index in [1.54, 1.807) is 12.1 Å². The molecular formula is C19H11FN4O4S. The van der Waals surface area contributed by atoms with Gasteiger partial charge in [-0.25, -0.2) is 13.9 Å². The maximum absolute atomic E-state index is 13.5. The molecule has 4 aromatic rings. The first kappa shape index (κ1) is 18.4. The Kier molecular flexibility index (Phi) is 4.83. The van der Waals surface area contributed by atoms with Crippen LogP contribution >= 0.6 is 11.3 Å². The Bertz CT molecular complexity index is 1190. The number of esters is 1. The second-order valence-electron chi connectivity index (χ2n) is 5.74. The van der Waals surface area contributed by atoms with E-state index in [4.69, 9.17) is 4.74 Å². The number of halogens is 1. The highest BCUT2D eigenvalue weighted by molar-refractivity contribution is 7.13. The highest BCUT2D eigenvalue weighted by Crippen LogP contribution is 2.29. The maximum atomic E-state index is 13.5. The van der Waals surface area contributed by atoms with Crippen LogP contribution in [0.1, 0.15) is 10.6 Å². The number of hydrogen-bond acceptors (Lipinski definition) is 7. The third-order valence-electron chi connectivity index (χ3n) is 3.85. The van der Waals surface area contributed by atoms with Gasteiger partial charge in [0.1, 0.15) is 5.82 Å². The Balaban J connectivity index is 1.74. The van der Waals surface area contributed by atoms with Crippen LogP contribution in [-0.2, 0) is 0 Å². The number of benzene rings is 2. The summed E-state index contributed by atoms with van der Waals surface area (Å²) in [6, 6.07) is 15.3.